The molecule has 1 aromatic heterocycles. The summed E-state index contributed by atoms with van der Waals surface area (Å²) in [7, 11) is 0. The zero-order valence-corrected chi connectivity index (χ0v) is 23.4. The molecule has 39 heavy (non-hydrogen) atoms. The van der Waals surface area contributed by atoms with E-state index < -0.39 is 6.10 Å². The van der Waals surface area contributed by atoms with Crippen molar-refractivity contribution >= 4 is 17.5 Å². The van der Waals surface area contributed by atoms with Crippen LogP contribution in [0.2, 0.25) is 0 Å². The Morgan fingerprint density at radius 1 is 1.23 bits per heavy atom. The maximum absolute atomic E-state index is 13.9. The Hall–Kier alpha value is -3.14. The van der Waals surface area contributed by atoms with E-state index in [2.05, 4.69) is 36.0 Å². The van der Waals surface area contributed by atoms with Crippen LogP contribution in [0.25, 0.3) is 0 Å². The molecule has 8 nitrogen and oxygen atoms in total. The van der Waals surface area contributed by atoms with E-state index in [4.69, 9.17) is 0 Å². The van der Waals surface area contributed by atoms with Gasteiger partial charge in [0.15, 0.2) is 0 Å². The van der Waals surface area contributed by atoms with Crippen molar-refractivity contribution in [1.82, 2.24) is 20.1 Å². The molecule has 9 heteroatoms. The molecule has 3 aliphatic rings. The Kier molecular flexibility index (Phi) is 7.35. The minimum Gasteiger partial charge on any atom is -0.384 e. The molecule has 1 fully saturated rings. The molecule has 3 atom stereocenters. The van der Waals surface area contributed by atoms with Gasteiger partial charge in [-0.2, -0.15) is 0 Å². The number of benzene rings is 1. The summed E-state index contributed by atoms with van der Waals surface area (Å²) in [6.07, 6.45) is 0.655. The van der Waals surface area contributed by atoms with Gasteiger partial charge in [-0.1, -0.05) is 26.0 Å². The fourth-order valence-electron chi connectivity index (χ4n) is 5.92. The molecule has 3 aliphatic heterocycles. The topological polar surface area (TPSA) is 89.0 Å². The molecule has 208 valence electrons. The maximum Gasteiger partial charge on any atom is 0.249 e. The minimum absolute atomic E-state index is 0.0210. The Bertz CT molecular complexity index is 1310. The number of hydrogen-bond acceptors (Lipinski definition) is 6. The van der Waals surface area contributed by atoms with Gasteiger partial charge in [0.05, 0.1) is 17.9 Å². The van der Waals surface area contributed by atoms with Crippen LogP contribution in [-0.2, 0) is 15.0 Å². The second-order valence-corrected chi connectivity index (χ2v) is 11.9. The quantitative estimate of drug-likeness (QED) is 0.592. The van der Waals surface area contributed by atoms with Crippen molar-refractivity contribution in [2.24, 2.45) is 0 Å². The van der Waals surface area contributed by atoms with E-state index in [0.29, 0.717) is 49.5 Å². The van der Waals surface area contributed by atoms with Gasteiger partial charge in [-0.05, 0) is 50.1 Å². The largest absolute Gasteiger partial charge is 0.384 e. The fourth-order valence-corrected chi connectivity index (χ4v) is 5.92. The smallest absolute Gasteiger partial charge is 0.249 e. The zero-order valence-electron chi connectivity index (χ0n) is 23.4. The summed E-state index contributed by atoms with van der Waals surface area (Å²) in [5.74, 6) is -0.326. The number of nitrogens with one attached hydrogen (secondary N) is 1. The Morgan fingerprint density at radius 2 is 1.95 bits per heavy atom. The highest BCUT2D eigenvalue weighted by Crippen LogP contribution is 2.41. The lowest BCUT2D eigenvalue weighted by atomic mass is 9.90. The number of piperazine rings is 1. The van der Waals surface area contributed by atoms with Gasteiger partial charge in [-0.25, -0.2) is 4.39 Å². The predicted octanol–water partition coefficient (Wildman–Crippen LogP) is 2.77. The number of rotatable bonds is 6. The van der Waals surface area contributed by atoms with E-state index in [1.54, 1.807) is 23.2 Å². The van der Waals surface area contributed by atoms with Crippen molar-refractivity contribution in [3.8, 4) is 0 Å². The SMILES string of the molecule is CC1=C(C)C(=O)N(C[C@H]2CN[C@H](C)CN2CC(=O)N2CC(C)(C)c3ncc([C@@H](O)c4ccc(F)cc4)cc32)C1. The lowest BCUT2D eigenvalue weighted by Crippen LogP contribution is -2.61. The van der Waals surface area contributed by atoms with E-state index in [1.165, 1.54) is 12.1 Å². The van der Waals surface area contributed by atoms with Crippen molar-refractivity contribution < 1.29 is 19.1 Å². The predicted molar refractivity (Wildman–Crippen MR) is 148 cm³/mol. The second-order valence-electron chi connectivity index (χ2n) is 11.9. The lowest BCUT2D eigenvalue weighted by molar-refractivity contribution is -0.126. The fraction of sp³-hybridized carbons (Fsp3) is 0.500. The van der Waals surface area contributed by atoms with E-state index in [-0.39, 0.29) is 41.7 Å². The number of nitrogens with zero attached hydrogens (tertiary/aromatic N) is 4. The Morgan fingerprint density at radius 3 is 2.62 bits per heavy atom. The monoisotopic (exact) mass is 535 g/mol. The Labute approximate surface area is 229 Å². The van der Waals surface area contributed by atoms with Crippen molar-refractivity contribution in [3.05, 3.63) is 70.3 Å². The first kappa shape index (κ1) is 27.4. The molecule has 1 aromatic carbocycles. The molecule has 1 saturated heterocycles. The van der Waals surface area contributed by atoms with Gasteiger partial charge in [0.2, 0.25) is 11.8 Å². The highest BCUT2D eigenvalue weighted by atomic mass is 19.1. The summed E-state index contributed by atoms with van der Waals surface area (Å²) in [5.41, 5.74) is 4.20. The molecule has 0 spiro atoms. The number of halogens is 1. The standard InChI is InChI=1S/C30H38FN5O3/c1-18-13-35(29(39)20(18)3)15-24-12-32-19(2)14-34(24)16-26(37)36-17-30(4,5)28-25(36)10-22(11-33-28)27(38)21-6-8-23(31)9-7-21/h6-11,19,24,27,32,38H,12-17H2,1-5H3/t19-,24-,27+/m1/s1. The summed E-state index contributed by atoms with van der Waals surface area (Å²) < 4.78 is 13.4. The van der Waals surface area contributed by atoms with E-state index >= 15 is 0 Å². The van der Waals surface area contributed by atoms with E-state index in [1.807, 2.05) is 24.8 Å². The van der Waals surface area contributed by atoms with Gasteiger partial charge in [0.1, 0.15) is 11.9 Å². The first-order valence-electron chi connectivity index (χ1n) is 13.6. The molecule has 2 aromatic rings. The van der Waals surface area contributed by atoms with Crippen LogP contribution in [0.3, 0.4) is 0 Å². The number of anilines is 1. The van der Waals surface area contributed by atoms with Gasteiger partial charge in [0.25, 0.3) is 0 Å². The van der Waals surface area contributed by atoms with Crippen LogP contribution in [0.15, 0.2) is 47.7 Å². The summed E-state index contributed by atoms with van der Waals surface area (Å²) in [5, 5.41) is 14.5. The number of carbonyl (C=O) groups is 2. The summed E-state index contributed by atoms with van der Waals surface area (Å²) in [6, 6.07) is 7.82. The van der Waals surface area contributed by atoms with Crippen molar-refractivity contribution in [1.29, 1.82) is 0 Å². The third-order valence-corrected chi connectivity index (χ3v) is 8.35. The van der Waals surface area contributed by atoms with Gasteiger partial charge in [0, 0.05) is 67.6 Å². The number of hydrogen-bond donors (Lipinski definition) is 2. The molecular weight excluding hydrogens is 497 g/mol. The van der Waals surface area contributed by atoms with Gasteiger partial charge < -0.3 is 20.2 Å². The first-order valence-corrected chi connectivity index (χ1v) is 13.6. The van der Waals surface area contributed by atoms with Crippen LogP contribution < -0.4 is 10.2 Å². The average molecular weight is 536 g/mol. The maximum atomic E-state index is 13.9. The summed E-state index contributed by atoms with van der Waals surface area (Å²) in [6.45, 7) is 13.4. The molecule has 2 N–H and O–H groups in total. The zero-order chi connectivity index (χ0) is 28.1. The number of fused-ring (bicyclic) bond motifs is 1. The molecule has 4 heterocycles. The highest BCUT2D eigenvalue weighted by Gasteiger charge is 2.41. The number of aromatic nitrogens is 1. The lowest BCUT2D eigenvalue weighted by Gasteiger charge is -2.41. The Balaban J connectivity index is 1.36. The summed E-state index contributed by atoms with van der Waals surface area (Å²) in [4.78, 5) is 37.1. The molecule has 0 radical (unpaired) electrons. The highest BCUT2D eigenvalue weighted by molar-refractivity contribution is 5.97. The number of aliphatic hydroxyl groups is 1. The van der Waals surface area contributed by atoms with Crippen LogP contribution in [0.5, 0.6) is 0 Å². The van der Waals surface area contributed by atoms with Crippen LogP contribution in [0.1, 0.15) is 57.5 Å². The third-order valence-electron chi connectivity index (χ3n) is 8.35. The normalized spacial score (nSPS) is 23.9. The second kappa shape index (κ2) is 10.4. The molecule has 0 unspecified atom stereocenters. The number of aliphatic hydroxyl groups excluding tert-OH is 1. The van der Waals surface area contributed by atoms with Crippen LogP contribution in [0, 0.1) is 5.82 Å². The number of amides is 2. The van der Waals surface area contributed by atoms with E-state index in [9.17, 15) is 19.1 Å². The number of pyridine rings is 1. The van der Waals surface area contributed by atoms with E-state index in [0.717, 1.165) is 16.8 Å². The van der Waals surface area contributed by atoms with Crippen LogP contribution >= 0.6 is 0 Å². The minimum atomic E-state index is -0.985. The van der Waals surface area contributed by atoms with Crippen LogP contribution in [0.4, 0.5) is 10.1 Å². The van der Waals surface area contributed by atoms with Gasteiger partial charge in [-0.3, -0.25) is 19.5 Å². The third kappa shape index (κ3) is 5.35. The van der Waals surface area contributed by atoms with Crippen molar-refractivity contribution in [2.45, 2.75) is 58.2 Å². The number of carbonyl (C=O) groups excluding carboxylic acids is 2. The van der Waals surface area contributed by atoms with Crippen LogP contribution in [-0.4, -0.2) is 83.1 Å². The first-order chi connectivity index (χ1) is 18.4. The molecule has 0 aliphatic carbocycles. The molecule has 2 amide bonds. The molecule has 0 saturated carbocycles. The molecule has 5 rings (SSSR count). The average Bonchev–Trinajstić information content (AvgIpc) is 3.31. The molecule has 0 bridgehead atoms. The van der Waals surface area contributed by atoms with Gasteiger partial charge >= 0.3 is 0 Å². The summed E-state index contributed by atoms with van der Waals surface area (Å²) >= 11 is 0. The molecular formula is C30H38FN5O3. The van der Waals surface area contributed by atoms with Crippen molar-refractivity contribution in [3.63, 3.8) is 0 Å². The van der Waals surface area contributed by atoms with Gasteiger partial charge in [-0.15, -0.1) is 0 Å². The van der Waals surface area contributed by atoms with Crippen molar-refractivity contribution in [2.75, 3.05) is 44.2 Å².